The molecule has 1 rings (SSSR count). The fourth-order valence-electron chi connectivity index (χ4n) is 1.51. The number of aryl methyl sites for hydroxylation is 1. The molecule has 0 aliphatic rings. The SMILES string of the molecule is CCCCC(N)c1ccc(C)cc1F. The third-order valence-electron chi connectivity index (χ3n) is 2.42. The first kappa shape index (κ1) is 11.2. The lowest BCUT2D eigenvalue weighted by Gasteiger charge is -2.12. The summed E-state index contributed by atoms with van der Waals surface area (Å²) in [7, 11) is 0. The smallest absolute Gasteiger partial charge is 0.128 e. The zero-order chi connectivity index (χ0) is 10.6. The third-order valence-corrected chi connectivity index (χ3v) is 2.42. The number of hydrogen-bond acceptors (Lipinski definition) is 1. The molecule has 2 N–H and O–H groups in total. The van der Waals surface area contributed by atoms with E-state index in [2.05, 4.69) is 6.92 Å². The van der Waals surface area contributed by atoms with Crippen LogP contribution in [0.2, 0.25) is 0 Å². The van der Waals surface area contributed by atoms with Crippen molar-refractivity contribution in [3.63, 3.8) is 0 Å². The normalized spacial score (nSPS) is 12.9. The highest BCUT2D eigenvalue weighted by molar-refractivity contribution is 5.25. The van der Waals surface area contributed by atoms with Crippen LogP contribution in [0.1, 0.15) is 43.4 Å². The van der Waals surface area contributed by atoms with E-state index >= 15 is 0 Å². The lowest BCUT2D eigenvalue weighted by atomic mass is 10.0. The Balaban J connectivity index is 2.74. The van der Waals surface area contributed by atoms with Gasteiger partial charge in [-0.2, -0.15) is 0 Å². The molecule has 0 aliphatic carbocycles. The minimum atomic E-state index is -0.173. The standard InChI is InChI=1S/C12H18FN/c1-3-4-5-12(14)10-7-6-9(2)8-11(10)13/h6-8,12H,3-5,14H2,1-2H3. The van der Waals surface area contributed by atoms with Crippen LogP contribution in [0.4, 0.5) is 4.39 Å². The van der Waals surface area contributed by atoms with Crippen LogP contribution in [0.3, 0.4) is 0 Å². The van der Waals surface area contributed by atoms with Crippen molar-refractivity contribution in [3.05, 3.63) is 35.1 Å². The molecule has 0 saturated heterocycles. The molecule has 0 amide bonds. The summed E-state index contributed by atoms with van der Waals surface area (Å²) < 4.78 is 13.4. The van der Waals surface area contributed by atoms with E-state index in [1.54, 1.807) is 12.1 Å². The van der Waals surface area contributed by atoms with E-state index in [1.165, 1.54) is 0 Å². The molecule has 1 nitrogen and oxygen atoms in total. The molecule has 0 saturated carbocycles. The molecule has 1 unspecified atom stereocenters. The maximum absolute atomic E-state index is 13.4. The van der Waals surface area contributed by atoms with Crippen LogP contribution in [-0.2, 0) is 0 Å². The van der Waals surface area contributed by atoms with Gasteiger partial charge in [0.1, 0.15) is 5.82 Å². The van der Waals surface area contributed by atoms with Gasteiger partial charge in [-0.05, 0) is 25.0 Å². The third kappa shape index (κ3) is 2.81. The Morgan fingerprint density at radius 2 is 2.14 bits per heavy atom. The van der Waals surface area contributed by atoms with E-state index in [9.17, 15) is 4.39 Å². The zero-order valence-electron chi connectivity index (χ0n) is 8.89. The van der Waals surface area contributed by atoms with Crippen LogP contribution in [0, 0.1) is 12.7 Å². The summed E-state index contributed by atoms with van der Waals surface area (Å²) in [5.41, 5.74) is 7.47. The number of rotatable bonds is 4. The van der Waals surface area contributed by atoms with Crippen molar-refractivity contribution >= 4 is 0 Å². The molecule has 1 atom stereocenters. The van der Waals surface area contributed by atoms with E-state index < -0.39 is 0 Å². The summed E-state index contributed by atoms with van der Waals surface area (Å²) in [6.45, 7) is 3.99. The van der Waals surface area contributed by atoms with Gasteiger partial charge >= 0.3 is 0 Å². The second-order valence-corrected chi connectivity index (χ2v) is 3.77. The lowest BCUT2D eigenvalue weighted by Crippen LogP contribution is -2.12. The maximum atomic E-state index is 13.4. The minimum Gasteiger partial charge on any atom is -0.324 e. The van der Waals surface area contributed by atoms with Crippen molar-refractivity contribution < 1.29 is 4.39 Å². The van der Waals surface area contributed by atoms with Crippen LogP contribution < -0.4 is 5.73 Å². The Morgan fingerprint density at radius 1 is 1.43 bits per heavy atom. The van der Waals surface area contributed by atoms with Crippen molar-refractivity contribution in [2.45, 2.75) is 39.2 Å². The van der Waals surface area contributed by atoms with E-state index in [1.807, 2.05) is 13.0 Å². The van der Waals surface area contributed by atoms with Gasteiger partial charge in [0.2, 0.25) is 0 Å². The zero-order valence-corrected chi connectivity index (χ0v) is 8.89. The second-order valence-electron chi connectivity index (χ2n) is 3.77. The highest BCUT2D eigenvalue weighted by Gasteiger charge is 2.10. The number of unbranched alkanes of at least 4 members (excludes halogenated alkanes) is 1. The topological polar surface area (TPSA) is 26.0 Å². The summed E-state index contributed by atoms with van der Waals surface area (Å²) in [5.74, 6) is -0.173. The van der Waals surface area contributed by atoms with Crippen LogP contribution in [0.25, 0.3) is 0 Å². The Labute approximate surface area is 85.1 Å². The van der Waals surface area contributed by atoms with Gasteiger partial charge in [-0.25, -0.2) is 4.39 Å². The number of hydrogen-bond donors (Lipinski definition) is 1. The quantitative estimate of drug-likeness (QED) is 0.783. The van der Waals surface area contributed by atoms with Crippen molar-refractivity contribution in [2.75, 3.05) is 0 Å². The molecule has 2 heteroatoms. The van der Waals surface area contributed by atoms with Gasteiger partial charge in [0, 0.05) is 11.6 Å². The largest absolute Gasteiger partial charge is 0.324 e. The molecule has 0 aliphatic heterocycles. The molecule has 0 aromatic heterocycles. The van der Waals surface area contributed by atoms with Crippen LogP contribution in [0.15, 0.2) is 18.2 Å². The van der Waals surface area contributed by atoms with E-state index in [0.717, 1.165) is 24.8 Å². The van der Waals surface area contributed by atoms with Gasteiger partial charge in [0.25, 0.3) is 0 Å². The molecule has 14 heavy (non-hydrogen) atoms. The van der Waals surface area contributed by atoms with E-state index in [0.29, 0.717) is 5.56 Å². The first-order chi connectivity index (χ1) is 6.65. The van der Waals surface area contributed by atoms with Crippen LogP contribution in [0.5, 0.6) is 0 Å². The van der Waals surface area contributed by atoms with Gasteiger partial charge in [-0.15, -0.1) is 0 Å². The molecule has 1 aromatic rings. The monoisotopic (exact) mass is 195 g/mol. The molecule has 0 bridgehead atoms. The predicted molar refractivity (Wildman–Crippen MR) is 57.6 cm³/mol. The van der Waals surface area contributed by atoms with Crippen molar-refractivity contribution in [2.24, 2.45) is 5.73 Å². The predicted octanol–water partition coefficient (Wildman–Crippen LogP) is 3.32. The molecule has 78 valence electrons. The van der Waals surface area contributed by atoms with Gasteiger partial charge in [-0.3, -0.25) is 0 Å². The van der Waals surface area contributed by atoms with E-state index in [4.69, 9.17) is 5.73 Å². The average Bonchev–Trinajstić information content (AvgIpc) is 2.14. The first-order valence-electron chi connectivity index (χ1n) is 5.16. The molecule has 0 radical (unpaired) electrons. The molecule has 0 heterocycles. The Hall–Kier alpha value is -0.890. The van der Waals surface area contributed by atoms with Crippen molar-refractivity contribution in [1.82, 2.24) is 0 Å². The summed E-state index contributed by atoms with van der Waals surface area (Å²) >= 11 is 0. The van der Waals surface area contributed by atoms with Crippen LogP contribution in [-0.4, -0.2) is 0 Å². The summed E-state index contributed by atoms with van der Waals surface area (Å²) in [5, 5.41) is 0. The highest BCUT2D eigenvalue weighted by Crippen LogP contribution is 2.20. The summed E-state index contributed by atoms with van der Waals surface area (Å²) in [6.07, 6.45) is 3.01. The second kappa shape index (κ2) is 5.11. The van der Waals surface area contributed by atoms with Crippen molar-refractivity contribution in [3.8, 4) is 0 Å². The molecule has 0 fully saturated rings. The fraction of sp³-hybridized carbons (Fsp3) is 0.500. The minimum absolute atomic E-state index is 0.157. The number of benzene rings is 1. The van der Waals surface area contributed by atoms with Crippen LogP contribution >= 0.6 is 0 Å². The average molecular weight is 195 g/mol. The molecular weight excluding hydrogens is 177 g/mol. The molecular formula is C12H18FN. The highest BCUT2D eigenvalue weighted by atomic mass is 19.1. The molecule has 0 spiro atoms. The van der Waals surface area contributed by atoms with Gasteiger partial charge in [-0.1, -0.05) is 31.9 Å². The summed E-state index contributed by atoms with van der Waals surface area (Å²) in [6, 6.07) is 5.09. The van der Waals surface area contributed by atoms with Gasteiger partial charge < -0.3 is 5.73 Å². The Kier molecular flexibility index (Phi) is 4.08. The van der Waals surface area contributed by atoms with Gasteiger partial charge in [0.05, 0.1) is 0 Å². The van der Waals surface area contributed by atoms with Gasteiger partial charge in [0.15, 0.2) is 0 Å². The van der Waals surface area contributed by atoms with Crippen molar-refractivity contribution in [1.29, 1.82) is 0 Å². The Bertz CT molecular complexity index is 296. The lowest BCUT2D eigenvalue weighted by molar-refractivity contribution is 0.547. The fourth-order valence-corrected chi connectivity index (χ4v) is 1.51. The summed E-state index contributed by atoms with van der Waals surface area (Å²) in [4.78, 5) is 0. The maximum Gasteiger partial charge on any atom is 0.128 e. The number of halogens is 1. The Morgan fingerprint density at radius 3 is 2.71 bits per heavy atom. The molecule has 1 aromatic carbocycles. The van der Waals surface area contributed by atoms with E-state index in [-0.39, 0.29) is 11.9 Å². The first-order valence-corrected chi connectivity index (χ1v) is 5.16. The number of nitrogens with two attached hydrogens (primary N) is 1.